The van der Waals surface area contributed by atoms with Gasteiger partial charge in [-0.1, -0.05) is 31.5 Å². The second-order valence-corrected chi connectivity index (χ2v) is 15.0. The number of thiophene rings is 1. The van der Waals surface area contributed by atoms with Gasteiger partial charge in [-0.15, -0.1) is 11.3 Å². The molecule has 0 saturated carbocycles. The van der Waals surface area contributed by atoms with Crippen molar-refractivity contribution in [3.05, 3.63) is 75.7 Å². The molecule has 16 heteroatoms. The lowest BCUT2D eigenvalue weighted by molar-refractivity contribution is -0.160. The number of nitrogens with zero attached hydrogens (tertiary/aromatic N) is 3. The summed E-state index contributed by atoms with van der Waals surface area (Å²) in [4.78, 5) is 46.1. The molecule has 2 fully saturated rings. The molecule has 1 aromatic carbocycles. The average molecular weight is 770 g/mol. The molecule has 288 valence electrons. The number of benzene rings is 1. The highest BCUT2D eigenvalue weighted by Gasteiger charge is 2.56. The molecule has 2 atom stereocenters. The molecule has 2 amide bonds. The second-order valence-electron chi connectivity index (χ2n) is 14.0. The van der Waals surface area contributed by atoms with Crippen molar-refractivity contribution in [2.45, 2.75) is 89.2 Å². The van der Waals surface area contributed by atoms with Gasteiger partial charge in [-0.25, -0.2) is 0 Å². The summed E-state index contributed by atoms with van der Waals surface area (Å²) in [6.07, 6.45) is -6.27. The van der Waals surface area contributed by atoms with Crippen molar-refractivity contribution in [1.29, 1.82) is 0 Å². The zero-order valence-electron chi connectivity index (χ0n) is 29.4. The number of halogens is 6. The summed E-state index contributed by atoms with van der Waals surface area (Å²) >= 11 is 0.387. The van der Waals surface area contributed by atoms with E-state index in [-0.39, 0.29) is 57.2 Å². The number of aliphatic carboxylic acids is 1. The number of carboxylic acids is 1. The van der Waals surface area contributed by atoms with Crippen molar-refractivity contribution in [3.63, 3.8) is 0 Å². The Balaban J connectivity index is 1.47. The molecule has 0 aliphatic carbocycles. The number of carbonyl (C=O) groups excluding carboxylic acids is 2. The average Bonchev–Trinajstić information content (AvgIpc) is 3.60. The predicted molar refractivity (Wildman–Crippen MR) is 183 cm³/mol. The van der Waals surface area contributed by atoms with Crippen LogP contribution in [-0.4, -0.2) is 75.6 Å². The van der Waals surface area contributed by atoms with Crippen LogP contribution in [0, 0.1) is 5.41 Å². The van der Waals surface area contributed by atoms with Gasteiger partial charge < -0.3 is 24.4 Å². The molecule has 0 spiro atoms. The second kappa shape index (κ2) is 15.6. The molecule has 2 saturated heterocycles. The molecule has 2 aromatic heterocycles. The lowest BCUT2D eigenvalue weighted by atomic mass is 9.79. The Bertz CT molecular complexity index is 1790. The topological polar surface area (TPSA) is 109 Å². The van der Waals surface area contributed by atoms with E-state index < -0.39 is 63.2 Å². The Labute approximate surface area is 306 Å². The monoisotopic (exact) mass is 769 g/mol. The number of pyridine rings is 1. The zero-order chi connectivity index (χ0) is 38.8. The number of alkyl halides is 6. The summed E-state index contributed by atoms with van der Waals surface area (Å²) in [5.74, 6) is -2.39. The largest absolute Gasteiger partial charge is 0.492 e. The number of hydrogen-bond donors (Lipinski definition) is 1. The molecule has 4 heterocycles. The van der Waals surface area contributed by atoms with E-state index in [1.807, 2.05) is 12.1 Å². The quantitative estimate of drug-likeness (QED) is 0.196. The van der Waals surface area contributed by atoms with Crippen molar-refractivity contribution in [2.24, 2.45) is 5.41 Å². The highest BCUT2D eigenvalue weighted by atomic mass is 32.1. The number of carboxylic acid groups (broad SMARTS) is 1. The number of para-hydroxylation sites is 1. The number of aromatic nitrogens is 1. The van der Waals surface area contributed by atoms with Gasteiger partial charge in [0.15, 0.2) is 0 Å². The highest BCUT2D eigenvalue weighted by Crippen LogP contribution is 2.44. The number of likely N-dealkylation sites (tertiary alicyclic amines) is 2. The summed E-state index contributed by atoms with van der Waals surface area (Å²) in [5.41, 5.74) is -4.12. The first-order valence-electron chi connectivity index (χ1n) is 17.3. The van der Waals surface area contributed by atoms with Crippen molar-refractivity contribution in [3.8, 4) is 11.5 Å². The normalized spacial score (nSPS) is 20.3. The first kappa shape index (κ1) is 39.9. The molecule has 2 aliphatic heterocycles. The molecule has 2 aliphatic rings. The van der Waals surface area contributed by atoms with Crippen LogP contribution in [0.25, 0.3) is 0 Å². The Hall–Kier alpha value is -4.34. The van der Waals surface area contributed by atoms with Gasteiger partial charge in [-0.2, -0.15) is 26.3 Å². The number of amides is 2. The van der Waals surface area contributed by atoms with Crippen LogP contribution in [-0.2, 0) is 21.9 Å². The predicted octanol–water partition coefficient (Wildman–Crippen LogP) is 8.30. The van der Waals surface area contributed by atoms with Gasteiger partial charge in [0.25, 0.3) is 11.8 Å². The molecule has 53 heavy (non-hydrogen) atoms. The third-order valence-electron chi connectivity index (χ3n) is 9.87. The van der Waals surface area contributed by atoms with Crippen LogP contribution in [0.5, 0.6) is 11.5 Å². The van der Waals surface area contributed by atoms with Crippen LogP contribution in [0.4, 0.5) is 26.3 Å². The third kappa shape index (κ3) is 8.57. The molecule has 0 unspecified atom stereocenters. The van der Waals surface area contributed by atoms with Crippen LogP contribution in [0.3, 0.4) is 0 Å². The fraction of sp³-hybridized carbons (Fsp3) is 0.514. The Morgan fingerprint density at radius 2 is 1.72 bits per heavy atom. The lowest BCUT2D eigenvalue weighted by Crippen LogP contribution is -2.68. The van der Waals surface area contributed by atoms with Gasteiger partial charge >= 0.3 is 18.3 Å². The number of piperidine rings is 2. The lowest BCUT2D eigenvalue weighted by Gasteiger charge is -2.50. The smallest absolute Gasteiger partial charge is 0.425 e. The minimum Gasteiger partial charge on any atom is -0.492 e. The van der Waals surface area contributed by atoms with Crippen molar-refractivity contribution < 1.29 is 55.3 Å². The molecule has 5 rings (SSSR count). The maximum atomic E-state index is 14.9. The first-order chi connectivity index (χ1) is 24.9. The standard InChI is InChI=1S/C37H41F6N3O6S/c1-4-8-29-35(52-24-19-30(53-21-24)37(41,42)43,14-7-16-46(29)31(47)26-20-44-15-11-27(26)36(38,39)40)32(48)45-17-12-23(13-18-45)25-9-5-6-10-28(25)51-22-34(2,3)33(49)50/h5-6,9-11,15,19-21,23,29H,4,7-8,12-14,16-18,22H2,1-3H3,(H,49,50)/t29-,35+/m1/s1. The van der Waals surface area contributed by atoms with E-state index in [1.165, 1.54) is 4.90 Å². The molecular weight excluding hydrogens is 728 g/mol. The van der Waals surface area contributed by atoms with E-state index >= 15 is 0 Å². The summed E-state index contributed by atoms with van der Waals surface area (Å²) in [6.45, 7) is 5.20. The molecule has 3 aromatic rings. The van der Waals surface area contributed by atoms with Crippen molar-refractivity contribution in [2.75, 3.05) is 26.2 Å². The minimum atomic E-state index is -4.88. The number of hydrogen-bond acceptors (Lipinski definition) is 7. The fourth-order valence-corrected chi connectivity index (χ4v) is 7.71. The van der Waals surface area contributed by atoms with Crippen LogP contribution in [0.2, 0.25) is 0 Å². The Morgan fingerprint density at radius 1 is 1.02 bits per heavy atom. The van der Waals surface area contributed by atoms with E-state index in [0.29, 0.717) is 42.4 Å². The summed E-state index contributed by atoms with van der Waals surface area (Å²) in [6, 6.07) is 7.59. The zero-order valence-corrected chi connectivity index (χ0v) is 30.2. The van der Waals surface area contributed by atoms with E-state index in [1.54, 1.807) is 37.8 Å². The highest BCUT2D eigenvalue weighted by molar-refractivity contribution is 7.10. The number of rotatable bonds is 11. The molecule has 1 N–H and O–H groups in total. The molecule has 0 radical (unpaired) electrons. The molecule has 9 nitrogen and oxygen atoms in total. The third-order valence-corrected chi connectivity index (χ3v) is 10.8. The number of carbonyl (C=O) groups is 3. The Morgan fingerprint density at radius 3 is 2.34 bits per heavy atom. The molecular formula is C37H41F6N3O6S. The maximum absolute atomic E-state index is 14.9. The van der Waals surface area contributed by atoms with Crippen molar-refractivity contribution in [1.82, 2.24) is 14.8 Å². The van der Waals surface area contributed by atoms with E-state index in [0.717, 1.165) is 29.4 Å². The van der Waals surface area contributed by atoms with E-state index in [4.69, 9.17) is 9.47 Å². The maximum Gasteiger partial charge on any atom is 0.425 e. The SMILES string of the molecule is CCC[C@H]1N(C(=O)c2cnccc2C(F)(F)F)CCC[C@@]1(Oc1csc(C(F)(F)F)c1)C(=O)N1CCC(c2ccccc2OCC(C)(C)C(=O)O)CC1. The number of ether oxygens (including phenoxy) is 2. The van der Waals surface area contributed by atoms with Gasteiger partial charge in [0.2, 0.25) is 5.60 Å². The summed E-state index contributed by atoms with van der Waals surface area (Å²) in [5, 5.41) is 10.7. The van der Waals surface area contributed by atoms with Gasteiger partial charge in [-0.05, 0) is 63.1 Å². The summed E-state index contributed by atoms with van der Waals surface area (Å²) < 4.78 is 95.4. The fourth-order valence-electron chi connectivity index (χ4n) is 7.03. The van der Waals surface area contributed by atoms with Crippen molar-refractivity contribution >= 4 is 29.1 Å². The van der Waals surface area contributed by atoms with E-state index in [2.05, 4.69) is 4.98 Å². The van der Waals surface area contributed by atoms with Gasteiger partial charge in [0.05, 0.1) is 22.6 Å². The van der Waals surface area contributed by atoms with Crippen LogP contribution >= 0.6 is 11.3 Å². The van der Waals surface area contributed by atoms with Crippen LogP contribution < -0.4 is 9.47 Å². The van der Waals surface area contributed by atoms with Gasteiger partial charge in [-0.3, -0.25) is 19.4 Å². The first-order valence-corrected chi connectivity index (χ1v) is 18.2. The van der Waals surface area contributed by atoms with Crippen LogP contribution in [0.15, 0.2) is 54.2 Å². The van der Waals surface area contributed by atoms with Gasteiger partial charge in [0.1, 0.15) is 23.0 Å². The summed E-state index contributed by atoms with van der Waals surface area (Å²) in [7, 11) is 0. The van der Waals surface area contributed by atoms with Gasteiger partial charge in [0, 0.05) is 49.9 Å². The Kier molecular flexibility index (Phi) is 11.7. The minimum absolute atomic E-state index is 0.00656. The molecule has 0 bridgehead atoms. The van der Waals surface area contributed by atoms with Crippen LogP contribution in [0.1, 0.15) is 91.6 Å². The van der Waals surface area contributed by atoms with E-state index in [9.17, 15) is 45.8 Å².